The van der Waals surface area contributed by atoms with Gasteiger partial charge in [0, 0.05) is 5.92 Å². The van der Waals surface area contributed by atoms with Crippen LogP contribution in [0.25, 0.3) is 0 Å². The first-order chi connectivity index (χ1) is 5.24. The Kier molecular flexibility index (Phi) is 6.19. The monoisotopic (exact) mass is 156 g/mol. The van der Waals surface area contributed by atoms with Gasteiger partial charge < -0.3 is 4.79 Å². The molecule has 0 aliphatic carbocycles. The van der Waals surface area contributed by atoms with E-state index in [1.165, 1.54) is 12.8 Å². The van der Waals surface area contributed by atoms with Crippen LogP contribution in [0.5, 0.6) is 0 Å². The summed E-state index contributed by atoms with van der Waals surface area (Å²) in [5.41, 5.74) is 0. The fourth-order valence-electron chi connectivity index (χ4n) is 1.07. The average molecular weight is 156 g/mol. The first kappa shape index (κ1) is 10.7. The molecule has 0 aliphatic heterocycles. The van der Waals surface area contributed by atoms with Crippen molar-refractivity contribution in [2.24, 2.45) is 11.8 Å². The zero-order chi connectivity index (χ0) is 8.69. The minimum Gasteiger partial charge on any atom is -0.303 e. The van der Waals surface area contributed by atoms with Crippen molar-refractivity contribution < 1.29 is 4.79 Å². The summed E-state index contributed by atoms with van der Waals surface area (Å²) in [4.78, 5) is 10.4. The second-order valence-electron chi connectivity index (χ2n) is 3.40. The molecule has 66 valence electrons. The van der Waals surface area contributed by atoms with E-state index in [9.17, 15) is 4.79 Å². The molecular formula is C10H20O. The number of hydrogen-bond acceptors (Lipinski definition) is 1. The molecular weight excluding hydrogens is 136 g/mol. The second-order valence-corrected chi connectivity index (χ2v) is 3.40. The Bertz CT molecular complexity index is 99.0. The Morgan fingerprint density at radius 1 is 1.18 bits per heavy atom. The van der Waals surface area contributed by atoms with Gasteiger partial charge in [-0.1, -0.05) is 33.6 Å². The predicted molar refractivity (Wildman–Crippen MR) is 48.5 cm³/mol. The first-order valence-corrected chi connectivity index (χ1v) is 4.69. The van der Waals surface area contributed by atoms with Gasteiger partial charge in [0.2, 0.25) is 0 Å². The highest BCUT2D eigenvalue weighted by atomic mass is 16.1. The molecule has 1 heteroatoms. The van der Waals surface area contributed by atoms with Crippen LogP contribution in [0.1, 0.15) is 46.5 Å². The normalized spacial score (nSPS) is 15.9. The topological polar surface area (TPSA) is 17.1 Å². The number of carbonyl (C=O) groups is 1. The number of aldehydes is 1. The van der Waals surface area contributed by atoms with Crippen LogP contribution in [0.4, 0.5) is 0 Å². The smallest absolute Gasteiger partial charge is 0.123 e. The third-order valence-electron chi connectivity index (χ3n) is 2.44. The molecule has 0 bridgehead atoms. The van der Waals surface area contributed by atoms with Crippen LogP contribution in [0, 0.1) is 11.8 Å². The summed E-state index contributed by atoms with van der Waals surface area (Å²) in [6.07, 6.45) is 5.61. The molecule has 2 unspecified atom stereocenters. The van der Waals surface area contributed by atoms with Crippen LogP contribution in [0.2, 0.25) is 0 Å². The Morgan fingerprint density at radius 3 is 2.18 bits per heavy atom. The maximum Gasteiger partial charge on any atom is 0.123 e. The lowest BCUT2D eigenvalue weighted by Gasteiger charge is -2.10. The van der Waals surface area contributed by atoms with Gasteiger partial charge in [-0.3, -0.25) is 0 Å². The highest BCUT2D eigenvalue weighted by Gasteiger charge is 2.06. The highest BCUT2D eigenvalue weighted by molar-refractivity contribution is 5.53. The lowest BCUT2D eigenvalue weighted by atomic mass is 9.95. The first-order valence-electron chi connectivity index (χ1n) is 4.69. The van der Waals surface area contributed by atoms with Gasteiger partial charge in [0.25, 0.3) is 0 Å². The van der Waals surface area contributed by atoms with Gasteiger partial charge >= 0.3 is 0 Å². The zero-order valence-corrected chi connectivity index (χ0v) is 7.97. The van der Waals surface area contributed by atoms with Crippen LogP contribution in [0.3, 0.4) is 0 Å². The molecule has 0 aromatic rings. The summed E-state index contributed by atoms with van der Waals surface area (Å²) in [6.45, 7) is 6.53. The molecule has 0 N–H and O–H groups in total. The molecule has 0 saturated heterocycles. The molecule has 0 rings (SSSR count). The molecule has 0 spiro atoms. The van der Waals surface area contributed by atoms with Gasteiger partial charge in [0.05, 0.1) is 0 Å². The maximum absolute atomic E-state index is 10.4. The van der Waals surface area contributed by atoms with E-state index in [0.29, 0.717) is 5.92 Å². The Balaban J connectivity index is 3.41. The third-order valence-corrected chi connectivity index (χ3v) is 2.44. The summed E-state index contributed by atoms with van der Waals surface area (Å²) in [6, 6.07) is 0. The van der Waals surface area contributed by atoms with Gasteiger partial charge in [-0.25, -0.2) is 0 Å². The molecule has 11 heavy (non-hydrogen) atoms. The zero-order valence-electron chi connectivity index (χ0n) is 7.97. The van der Waals surface area contributed by atoms with Crippen molar-refractivity contribution >= 4 is 6.29 Å². The third kappa shape index (κ3) is 5.00. The van der Waals surface area contributed by atoms with Crippen molar-refractivity contribution in [1.29, 1.82) is 0 Å². The fourth-order valence-corrected chi connectivity index (χ4v) is 1.07. The Labute approximate surface area is 70.2 Å². The van der Waals surface area contributed by atoms with Crippen molar-refractivity contribution in [1.82, 2.24) is 0 Å². The van der Waals surface area contributed by atoms with Crippen molar-refractivity contribution in [3.63, 3.8) is 0 Å². The van der Waals surface area contributed by atoms with E-state index in [2.05, 4.69) is 20.8 Å². The molecule has 0 heterocycles. The number of carbonyl (C=O) groups excluding carboxylic acids is 1. The highest BCUT2D eigenvalue weighted by Crippen LogP contribution is 2.15. The molecule has 0 aromatic heterocycles. The van der Waals surface area contributed by atoms with Crippen molar-refractivity contribution in [2.45, 2.75) is 46.5 Å². The van der Waals surface area contributed by atoms with E-state index < -0.39 is 0 Å². The largest absolute Gasteiger partial charge is 0.303 e. The molecule has 2 atom stereocenters. The van der Waals surface area contributed by atoms with Gasteiger partial charge in [-0.2, -0.15) is 0 Å². The molecule has 1 nitrogen and oxygen atoms in total. The van der Waals surface area contributed by atoms with E-state index in [-0.39, 0.29) is 0 Å². The summed E-state index contributed by atoms with van der Waals surface area (Å²) < 4.78 is 0. The Morgan fingerprint density at radius 2 is 1.82 bits per heavy atom. The van der Waals surface area contributed by atoms with Crippen LogP contribution >= 0.6 is 0 Å². The summed E-state index contributed by atoms with van der Waals surface area (Å²) in [5, 5.41) is 0. The van der Waals surface area contributed by atoms with Crippen molar-refractivity contribution in [3.05, 3.63) is 0 Å². The van der Waals surface area contributed by atoms with E-state index in [1.54, 1.807) is 0 Å². The molecule has 0 aromatic carbocycles. The van der Waals surface area contributed by atoms with E-state index in [4.69, 9.17) is 0 Å². The predicted octanol–water partition coefficient (Wildman–Crippen LogP) is 3.04. The average Bonchev–Trinajstić information content (AvgIpc) is 2.06. The molecule has 0 aliphatic rings. The van der Waals surface area contributed by atoms with Gasteiger partial charge in [0.1, 0.15) is 6.29 Å². The summed E-state index contributed by atoms with van der Waals surface area (Å²) in [5.74, 6) is 1.09. The van der Waals surface area contributed by atoms with E-state index in [0.717, 1.165) is 25.0 Å². The lowest BCUT2D eigenvalue weighted by Crippen LogP contribution is -2.03. The maximum atomic E-state index is 10.4. The molecule has 0 saturated carbocycles. The SMILES string of the molecule is CCC(C)CCC(C=O)CC. The number of hydrogen-bond donors (Lipinski definition) is 0. The summed E-state index contributed by atoms with van der Waals surface area (Å²) >= 11 is 0. The minimum atomic E-state index is 0.309. The summed E-state index contributed by atoms with van der Waals surface area (Å²) in [7, 11) is 0. The second kappa shape index (κ2) is 6.38. The van der Waals surface area contributed by atoms with Gasteiger partial charge in [-0.15, -0.1) is 0 Å². The van der Waals surface area contributed by atoms with Crippen LogP contribution < -0.4 is 0 Å². The number of rotatable bonds is 6. The standard InChI is InChI=1S/C10H20O/c1-4-9(3)6-7-10(5-2)8-11/h8-10H,4-7H2,1-3H3. The van der Waals surface area contributed by atoms with Gasteiger partial charge in [0.15, 0.2) is 0 Å². The lowest BCUT2D eigenvalue weighted by molar-refractivity contribution is -0.111. The van der Waals surface area contributed by atoms with Crippen molar-refractivity contribution in [2.75, 3.05) is 0 Å². The van der Waals surface area contributed by atoms with Crippen LogP contribution in [0.15, 0.2) is 0 Å². The molecule has 0 radical (unpaired) electrons. The molecule has 0 fully saturated rings. The van der Waals surface area contributed by atoms with E-state index >= 15 is 0 Å². The van der Waals surface area contributed by atoms with Crippen molar-refractivity contribution in [3.8, 4) is 0 Å². The van der Waals surface area contributed by atoms with E-state index in [1.807, 2.05) is 0 Å². The molecule has 0 amide bonds. The minimum absolute atomic E-state index is 0.309. The van der Waals surface area contributed by atoms with Crippen LogP contribution in [-0.2, 0) is 4.79 Å². The quantitative estimate of drug-likeness (QED) is 0.540. The van der Waals surface area contributed by atoms with Gasteiger partial charge in [-0.05, 0) is 18.8 Å². The fraction of sp³-hybridized carbons (Fsp3) is 0.900. The van der Waals surface area contributed by atoms with Crippen LogP contribution in [-0.4, -0.2) is 6.29 Å². The Hall–Kier alpha value is -0.330.